The van der Waals surface area contributed by atoms with Crippen molar-refractivity contribution in [3.63, 3.8) is 0 Å². The highest BCUT2D eigenvalue weighted by Gasteiger charge is 2.08. The van der Waals surface area contributed by atoms with Gasteiger partial charge in [-0.05, 0) is 18.6 Å². The standard InChI is InChI=1S/C13H17N5O2/c1-2-5-14-10-3-6-15-11(8-10)13(19)16-7-4-12-17-9-18-20-12/h3,6,8-9H,2,4-5,7H2,1H3,(H,14,15)(H,16,19). The van der Waals surface area contributed by atoms with Crippen LogP contribution in [0.3, 0.4) is 0 Å². The van der Waals surface area contributed by atoms with Gasteiger partial charge in [-0.2, -0.15) is 4.98 Å². The normalized spacial score (nSPS) is 10.2. The van der Waals surface area contributed by atoms with Crippen LogP contribution in [0.4, 0.5) is 5.69 Å². The predicted molar refractivity (Wildman–Crippen MR) is 73.4 cm³/mol. The van der Waals surface area contributed by atoms with Gasteiger partial charge in [-0.25, -0.2) is 0 Å². The monoisotopic (exact) mass is 275 g/mol. The summed E-state index contributed by atoms with van der Waals surface area (Å²) in [6.07, 6.45) is 4.47. The second-order valence-corrected chi connectivity index (χ2v) is 4.20. The summed E-state index contributed by atoms with van der Waals surface area (Å²) in [7, 11) is 0. The van der Waals surface area contributed by atoms with Gasteiger partial charge in [0.25, 0.3) is 5.91 Å². The van der Waals surface area contributed by atoms with Crippen LogP contribution in [0.15, 0.2) is 29.2 Å². The number of anilines is 1. The molecule has 106 valence electrons. The van der Waals surface area contributed by atoms with Crippen molar-refractivity contribution in [2.45, 2.75) is 19.8 Å². The van der Waals surface area contributed by atoms with Crippen LogP contribution in [-0.2, 0) is 6.42 Å². The quantitative estimate of drug-likeness (QED) is 0.790. The first-order valence-corrected chi connectivity index (χ1v) is 6.53. The van der Waals surface area contributed by atoms with Gasteiger partial charge in [-0.1, -0.05) is 12.1 Å². The van der Waals surface area contributed by atoms with Gasteiger partial charge in [-0.15, -0.1) is 0 Å². The molecular formula is C13H17N5O2. The number of hydrogen-bond donors (Lipinski definition) is 2. The number of hydrogen-bond acceptors (Lipinski definition) is 6. The number of carbonyl (C=O) groups excluding carboxylic acids is 1. The van der Waals surface area contributed by atoms with Crippen LogP contribution in [0.2, 0.25) is 0 Å². The molecule has 7 heteroatoms. The minimum Gasteiger partial charge on any atom is -0.385 e. The Kier molecular flexibility index (Phi) is 5.05. The second-order valence-electron chi connectivity index (χ2n) is 4.20. The Hall–Kier alpha value is -2.44. The van der Waals surface area contributed by atoms with Gasteiger partial charge in [0.1, 0.15) is 5.69 Å². The van der Waals surface area contributed by atoms with Gasteiger partial charge in [0.05, 0.1) is 0 Å². The van der Waals surface area contributed by atoms with E-state index in [1.54, 1.807) is 12.3 Å². The van der Waals surface area contributed by atoms with Crippen molar-refractivity contribution in [3.05, 3.63) is 36.2 Å². The molecule has 0 atom stereocenters. The lowest BCUT2D eigenvalue weighted by Gasteiger charge is -2.07. The molecule has 0 fully saturated rings. The highest BCUT2D eigenvalue weighted by atomic mass is 16.5. The van der Waals surface area contributed by atoms with Gasteiger partial charge in [-0.3, -0.25) is 9.78 Å². The van der Waals surface area contributed by atoms with Crippen LogP contribution in [-0.4, -0.2) is 34.1 Å². The van der Waals surface area contributed by atoms with Crippen molar-refractivity contribution < 1.29 is 9.32 Å². The molecule has 0 bridgehead atoms. The van der Waals surface area contributed by atoms with Gasteiger partial charge >= 0.3 is 0 Å². The van der Waals surface area contributed by atoms with E-state index in [9.17, 15) is 4.79 Å². The lowest BCUT2D eigenvalue weighted by molar-refractivity contribution is 0.0948. The number of nitrogens with one attached hydrogen (secondary N) is 2. The molecule has 0 saturated carbocycles. The second kappa shape index (κ2) is 7.22. The summed E-state index contributed by atoms with van der Waals surface area (Å²) in [6, 6.07) is 3.57. The van der Waals surface area contributed by atoms with E-state index in [0.717, 1.165) is 18.7 Å². The molecule has 0 spiro atoms. The molecule has 0 saturated heterocycles. The molecule has 2 heterocycles. The van der Waals surface area contributed by atoms with E-state index in [2.05, 4.69) is 32.7 Å². The summed E-state index contributed by atoms with van der Waals surface area (Å²) in [5.41, 5.74) is 1.28. The first-order valence-electron chi connectivity index (χ1n) is 6.53. The first-order chi connectivity index (χ1) is 9.79. The molecular weight excluding hydrogens is 258 g/mol. The van der Waals surface area contributed by atoms with E-state index in [1.807, 2.05) is 6.07 Å². The summed E-state index contributed by atoms with van der Waals surface area (Å²) in [4.78, 5) is 19.9. The summed E-state index contributed by atoms with van der Waals surface area (Å²) in [5, 5.41) is 9.48. The summed E-state index contributed by atoms with van der Waals surface area (Å²) in [6.45, 7) is 3.37. The minimum absolute atomic E-state index is 0.218. The third kappa shape index (κ3) is 4.04. The third-order valence-electron chi connectivity index (χ3n) is 2.60. The lowest BCUT2D eigenvalue weighted by atomic mass is 10.3. The molecule has 2 aromatic rings. The predicted octanol–water partition coefficient (Wildman–Crippen LogP) is 1.26. The molecule has 7 nitrogen and oxygen atoms in total. The molecule has 2 N–H and O–H groups in total. The van der Waals surface area contributed by atoms with E-state index in [-0.39, 0.29) is 5.91 Å². The molecule has 20 heavy (non-hydrogen) atoms. The maximum absolute atomic E-state index is 11.9. The average molecular weight is 275 g/mol. The molecule has 1 amide bonds. The van der Waals surface area contributed by atoms with Gasteiger partial charge < -0.3 is 15.2 Å². The zero-order valence-corrected chi connectivity index (χ0v) is 11.3. The smallest absolute Gasteiger partial charge is 0.269 e. The lowest BCUT2D eigenvalue weighted by Crippen LogP contribution is -2.26. The maximum atomic E-state index is 11.9. The zero-order valence-electron chi connectivity index (χ0n) is 11.3. The Labute approximate surface area is 116 Å². The van der Waals surface area contributed by atoms with Gasteiger partial charge in [0, 0.05) is 31.4 Å². The Balaban J connectivity index is 1.85. The van der Waals surface area contributed by atoms with E-state index in [1.165, 1.54) is 6.33 Å². The van der Waals surface area contributed by atoms with Crippen molar-refractivity contribution in [2.24, 2.45) is 0 Å². The Morgan fingerprint density at radius 1 is 1.35 bits per heavy atom. The largest absolute Gasteiger partial charge is 0.385 e. The fourth-order valence-electron chi connectivity index (χ4n) is 1.61. The average Bonchev–Trinajstić information content (AvgIpc) is 2.98. The van der Waals surface area contributed by atoms with Crippen LogP contribution in [0.25, 0.3) is 0 Å². The molecule has 0 aliphatic carbocycles. The molecule has 2 rings (SSSR count). The van der Waals surface area contributed by atoms with Crippen molar-refractivity contribution in [1.82, 2.24) is 20.4 Å². The number of nitrogens with zero attached hydrogens (tertiary/aromatic N) is 3. The number of rotatable bonds is 7. The minimum atomic E-state index is -0.218. The Morgan fingerprint density at radius 3 is 3.00 bits per heavy atom. The van der Waals surface area contributed by atoms with Crippen LogP contribution in [0.1, 0.15) is 29.7 Å². The van der Waals surface area contributed by atoms with Gasteiger partial charge in [0.15, 0.2) is 6.33 Å². The molecule has 0 aliphatic heterocycles. The molecule has 0 aliphatic rings. The third-order valence-corrected chi connectivity index (χ3v) is 2.60. The van der Waals surface area contributed by atoms with Crippen molar-refractivity contribution in [3.8, 4) is 0 Å². The van der Waals surface area contributed by atoms with Crippen LogP contribution < -0.4 is 10.6 Å². The van der Waals surface area contributed by atoms with Crippen molar-refractivity contribution in [2.75, 3.05) is 18.4 Å². The van der Waals surface area contributed by atoms with E-state index < -0.39 is 0 Å². The number of carbonyl (C=O) groups is 1. The van der Waals surface area contributed by atoms with Crippen molar-refractivity contribution >= 4 is 11.6 Å². The highest BCUT2D eigenvalue weighted by molar-refractivity contribution is 5.93. The van der Waals surface area contributed by atoms with Crippen molar-refractivity contribution in [1.29, 1.82) is 0 Å². The van der Waals surface area contributed by atoms with Crippen LogP contribution >= 0.6 is 0 Å². The Bertz CT molecular complexity index is 541. The zero-order chi connectivity index (χ0) is 14.2. The summed E-state index contributed by atoms with van der Waals surface area (Å²) < 4.78 is 4.85. The van der Waals surface area contributed by atoms with Gasteiger partial charge in [0.2, 0.25) is 5.89 Å². The van der Waals surface area contributed by atoms with Crippen LogP contribution in [0.5, 0.6) is 0 Å². The fraction of sp³-hybridized carbons (Fsp3) is 0.385. The fourth-order valence-corrected chi connectivity index (χ4v) is 1.61. The number of amides is 1. The Morgan fingerprint density at radius 2 is 2.25 bits per heavy atom. The molecule has 0 unspecified atom stereocenters. The SMILES string of the molecule is CCCNc1ccnc(C(=O)NCCc2ncno2)c1. The summed E-state index contributed by atoms with van der Waals surface area (Å²) in [5.74, 6) is 0.279. The number of pyridine rings is 1. The summed E-state index contributed by atoms with van der Waals surface area (Å²) >= 11 is 0. The van der Waals surface area contributed by atoms with Crippen LogP contribution in [0, 0.1) is 0 Å². The molecule has 2 aromatic heterocycles. The van der Waals surface area contributed by atoms with E-state index in [0.29, 0.717) is 24.6 Å². The first kappa shape index (κ1) is 14.0. The molecule has 0 aromatic carbocycles. The molecule has 0 radical (unpaired) electrons. The van der Waals surface area contributed by atoms with E-state index in [4.69, 9.17) is 4.52 Å². The van der Waals surface area contributed by atoms with E-state index >= 15 is 0 Å². The topological polar surface area (TPSA) is 92.9 Å². The number of aromatic nitrogens is 3. The maximum Gasteiger partial charge on any atom is 0.269 e. The highest BCUT2D eigenvalue weighted by Crippen LogP contribution is 2.07.